The summed E-state index contributed by atoms with van der Waals surface area (Å²) in [6.07, 6.45) is 0. The second kappa shape index (κ2) is 3.24. The predicted molar refractivity (Wildman–Crippen MR) is 53.0 cm³/mol. The summed E-state index contributed by atoms with van der Waals surface area (Å²) in [5, 5.41) is 0. The van der Waals surface area contributed by atoms with Gasteiger partial charge in [-0.25, -0.2) is 4.39 Å². The first kappa shape index (κ1) is 9.45. The lowest BCUT2D eigenvalue weighted by Crippen LogP contribution is -2.36. The molecule has 1 aromatic carbocycles. The Balaban J connectivity index is 2.60. The number of likely N-dealkylation sites (N-methyl/N-ethyl adjacent to an activating group) is 1. The predicted octanol–water partition coefficient (Wildman–Crippen LogP) is 1.94. The van der Waals surface area contributed by atoms with Crippen LogP contribution in [0.25, 0.3) is 0 Å². The van der Waals surface area contributed by atoms with E-state index in [1.807, 2.05) is 0 Å². The summed E-state index contributed by atoms with van der Waals surface area (Å²) in [7, 11) is 1.53. The van der Waals surface area contributed by atoms with E-state index < -0.39 is 5.82 Å². The van der Waals surface area contributed by atoms with Gasteiger partial charge in [-0.1, -0.05) is 15.9 Å². The highest BCUT2D eigenvalue weighted by atomic mass is 79.9. The molecule has 0 saturated carbocycles. The van der Waals surface area contributed by atoms with Gasteiger partial charge in [0.05, 0.1) is 0 Å². The van der Waals surface area contributed by atoms with Gasteiger partial charge in [-0.3, -0.25) is 4.79 Å². The van der Waals surface area contributed by atoms with E-state index >= 15 is 0 Å². The van der Waals surface area contributed by atoms with E-state index in [9.17, 15) is 9.18 Å². The van der Waals surface area contributed by atoms with Crippen molar-refractivity contribution in [3.8, 4) is 5.75 Å². The molecule has 14 heavy (non-hydrogen) atoms. The molecule has 74 valence electrons. The Labute approximate surface area is 88.6 Å². The number of halogens is 2. The average Bonchev–Trinajstić information content (AvgIpc) is 2.10. The largest absolute Gasteiger partial charge is 0.481 e. The number of ether oxygens (including phenoxy) is 1. The Morgan fingerprint density at radius 3 is 3.00 bits per heavy atom. The molecule has 0 aliphatic carbocycles. The van der Waals surface area contributed by atoms with Crippen LogP contribution in [0.15, 0.2) is 16.6 Å². The Kier molecular flexibility index (Phi) is 2.19. The van der Waals surface area contributed by atoms with Crippen LogP contribution in [-0.4, -0.2) is 19.6 Å². The molecule has 0 spiro atoms. The highest BCUT2D eigenvalue weighted by molar-refractivity contribution is 9.10. The van der Waals surface area contributed by atoms with Crippen LogP contribution in [0.3, 0.4) is 0 Å². The van der Waals surface area contributed by atoms with Crippen LogP contribution in [0.4, 0.5) is 10.1 Å². The van der Waals surface area contributed by atoms with Crippen LogP contribution in [-0.2, 0) is 4.79 Å². The topological polar surface area (TPSA) is 29.5 Å². The summed E-state index contributed by atoms with van der Waals surface area (Å²) < 4.78 is 19.2. The molecule has 1 amide bonds. The van der Waals surface area contributed by atoms with Gasteiger partial charge >= 0.3 is 0 Å². The number of hydrogen-bond donors (Lipinski definition) is 0. The zero-order valence-electron chi connectivity index (χ0n) is 7.38. The lowest BCUT2D eigenvalue weighted by Gasteiger charge is -2.26. The molecule has 3 nitrogen and oxygen atoms in total. The van der Waals surface area contributed by atoms with E-state index in [4.69, 9.17) is 4.74 Å². The Morgan fingerprint density at radius 2 is 2.29 bits per heavy atom. The quantitative estimate of drug-likeness (QED) is 0.713. The van der Waals surface area contributed by atoms with Crippen molar-refractivity contribution in [2.45, 2.75) is 0 Å². The molecule has 1 aliphatic rings. The first-order chi connectivity index (χ1) is 6.59. The van der Waals surface area contributed by atoms with E-state index in [1.165, 1.54) is 18.0 Å². The number of rotatable bonds is 0. The van der Waals surface area contributed by atoms with Crippen molar-refractivity contribution < 1.29 is 13.9 Å². The maximum Gasteiger partial charge on any atom is 0.264 e. The molecule has 1 heterocycles. The van der Waals surface area contributed by atoms with E-state index in [0.29, 0.717) is 10.2 Å². The van der Waals surface area contributed by atoms with Crippen LogP contribution < -0.4 is 9.64 Å². The number of carbonyl (C=O) groups is 1. The Morgan fingerprint density at radius 1 is 1.57 bits per heavy atom. The van der Waals surface area contributed by atoms with Crippen LogP contribution in [0.2, 0.25) is 0 Å². The van der Waals surface area contributed by atoms with Crippen molar-refractivity contribution >= 4 is 27.5 Å². The normalized spacial score (nSPS) is 15.1. The fourth-order valence-corrected chi connectivity index (χ4v) is 1.75. The van der Waals surface area contributed by atoms with E-state index in [-0.39, 0.29) is 18.2 Å². The monoisotopic (exact) mass is 259 g/mol. The van der Waals surface area contributed by atoms with Crippen molar-refractivity contribution in [2.75, 3.05) is 18.6 Å². The first-order valence-corrected chi connectivity index (χ1v) is 4.77. The Hall–Kier alpha value is -1.10. The molecule has 5 heteroatoms. The van der Waals surface area contributed by atoms with Crippen LogP contribution >= 0.6 is 15.9 Å². The zero-order chi connectivity index (χ0) is 10.3. The molecule has 2 rings (SSSR count). The lowest BCUT2D eigenvalue weighted by atomic mass is 10.2. The highest BCUT2D eigenvalue weighted by Crippen LogP contribution is 2.36. The molecule has 0 saturated heterocycles. The Bertz CT molecular complexity index is 408. The molecule has 0 fully saturated rings. The van der Waals surface area contributed by atoms with Crippen molar-refractivity contribution in [1.29, 1.82) is 0 Å². The molecule has 0 radical (unpaired) electrons. The summed E-state index contributed by atoms with van der Waals surface area (Å²) in [6.45, 7) is -0.0423. The summed E-state index contributed by atoms with van der Waals surface area (Å²) in [6, 6.07) is 2.94. The highest BCUT2D eigenvalue weighted by Gasteiger charge is 2.25. The van der Waals surface area contributed by atoms with Gasteiger partial charge in [0.25, 0.3) is 5.91 Å². The van der Waals surface area contributed by atoms with E-state index in [1.54, 1.807) is 6.07 Å². The van der Waals surface area contributed by atoms with Gasteiger partial charge in [0.15, 0.2) is 12.4 Å². The SMILES string of the molecule is CN1C(=O)COc2cc(Br)cc(F)c21. The van der Waals surface area contributed by atoms with Gasteiger partial charge < -0.3 is 9.64 Å². The summed E-state index contributed by atoms with van der Waals surface area (Å²) in [5.74, 6) is -0.331. The fraction of sp³-hybridized carbons (Fsp3) is 0.222. The summed E-state index contributed by atoms with van der Waals surface area (Å²) in [4.78, 5) is 12.5. The number of carbonyl (C=O) groups excluding carboxylic acids is 1. The van der Waals surface area contributed by atoms with Crippen molar-refractivity contribution in [3.05, 3.63) is 22.4 Å². The van der Waals surface area contributed by atoms with Crippen molar-refractivity contribution in [1.82, 2.24) is 0 Å². The summed E-state index contributed by atoms with van der Waals surface area (Å²) >= 11 is 3.15. The van der Waals surface area contributed by atoms with Gasteiger partial charge in [0, 0.05) is 11.5 Å². The number of nitrogens with zero attached hydrogens (tertiary/aromatic N) is 1. The number of anilines is 1. The third-order valence-electron chi connectivity index (χ3n) is 2.05. The third-order valence-corrected chi connectivity index (χ3v) is 2.51. The molecule has 1 aromatic rings. The fourth-order valence-electron chi connectivity index (χ4n) is 1.34. The van der Waals surface area contributed by atoms with Crippen molar-refractivity contribution in [3.63, 3.8) is 0 Å². The molecule has 1 aliphatic heterocycles. The minimum atomic E-state index is -0.468. The number of fused-ring (bicyclic) bond motifs is 1. The van der Waals surface area contributed by atoms with Crippen LogP contribution in [0, 0.1) is 5.82 Å². The van der Waals surface area contributed by atoms with Crippen LogP contribution in [0.1, 0.15) is 0 Å². The average molecular weight is 260 g/mol. The van der Waals surface area contributed by atoms with Gasteiger partial charge in [0.1, 0.15) is 11.4 Å². The molecule has 0 atom stereocenters. The molecule has 0 N–H and O–H groups in total. The number of benzene rings is 1. The van der Waals surface area contributed by atoms with Gasteiger partial charge in [-0.15, -0.1) is 0 Å². The smallest absolute Gasteiger partial charge is 0.264 e. The van der Waals surface area contributed by atoms with Crippen LogP contribution in [0.5, 0.6) is 5.75 Å². The van der Waals surface area contributed by atoms with E-state index in [2.05, 4.69) is 15.9 Å². The number of hydrogen-bond acceptors (Lipinski definition) is 2. The minimum Gasteiger partial charge on any atom is -0.481 e. The molecule has 0 bridgehead atoms. The molecular formula is C9H7BrFNO2. The molecular weight excluding hydrogens is 253 g/mol. The zero-order valence-corrected chi connectivity index (χ0v) is 8.97. The second-order valence-electron chi connectivity index (χ2n) is 2.98. The van der Waals surface area contributed by atoms with Crippen molar-refractivity contribution in [2.24, 2.45) is 0 Å². The van der Waals surface area contributed by atoms with Gasteiger partial charge in [0.2, 0.25) is 0 Å². The standard InChI is InChI=1S/C9H7BrFNO2/c1-12-8(13)4-14-7-3-5(10)2-6(11)9(7)12/h2-3H,4H2,1H3. The van der Waals surface area contributed by atoms with E-state index in [0.717, 1.165) is 0 Å². The van der Waals surface area contributed by atoms with Gasteiger partial charge in [-0.05, 0) is 12.1 Å². The first-order valence-electron chi connectivity index (χ1n) is 3.98. The summed E-state index contributed by atoms with van der Waals surface area (Å²) in [5.41, 5.74) is 0.199. The molecule has 0 unspecified atom stereocenters. The number of amides is 1. The van der Waals surface area contributed by atoms with Gasteiger partial charge in [-0.2, -0.15) is 0 Å². The third kappa shape index (κ3) is 1.37. The lowest BCUT2D eigenvalue weighted by molar-refractivity contribution is -0.121. The maximum atomic E-state index is 13.5. The minimum absolute atomic E-state index is 0.0423. The molecule has 0 aromatic heterocycles. The maximum absolute atomic E-state index is 13.5. The second-order valence-corrected chi connectivity index (χ2v) is 3.89.